The molecule has 1 aliphatic rings. The molecule has 0 unspecified atom stereocenters. The van der Waals surface area contributed by atoms with Gasteiger partial charge in [0.05, 0.1) is 12.2 Å². The summed E-state index contributed by atoms with van der Waals surface area (Å²) in [5.41, 5.74) is 0.408. The summed E-state index contributed by atoms with van der Waals surface area (Å²) in [6.07, 6.45) is 3.33. The number of nitrogens with one attached hydrogen (secondary N) is 1. The van der Waals surface area contributed by atoms with Crippen molar-refractivity contribution in [2.45, 2.75) is 46.1 Å². The van der Waals surface area contributed by atoms with E-state index in [2.05, 4.69) is 19.2 Å². The van der Waals surface area contributed by atoms with Gasteiger partial charge < -0.3 is 14.8 Å². The van der Waals surface area contributed by atoms with Crippen LogP contribution >= 0.6 is 0 Å². The normalized spacial score (nSPS) is 23.4. The zero-order valence-corrected chi connectivity index (χ0v) is 14.7. The lowest BCUT2D eigenvalue weighted by Gasteiger charge is -2.34. The predicted molar refractivity (Wildman–Crippen MR) is 92.0 cm³/mol. The summed E-state index contributed by atoms with van der Waals surface area (Å²) < 4.78 is 10.4. The minimum Gasteiger partial charge on any atom is -0.494 e. The molecule has 1 aromatic rings. The maximum Gasteiger partial charge on any atom is 0.338 e. The number of amides is 1. The highest BCUT2D eigenvalue weighted by atomic mass is 16.5. The van der Waals surface area contributed by atoms with Crippen LogP contribution in [0.2, 0.25) is 0 Å². The van der Waals surface area contributed by atoms with Crippen molar-refractivity contribution >= 4 is 11.9 Å². The van der Waals surface area contributed by atoms with Crippen LogP contribution in [-0.4, -0.2) is 31.1 Å². The third-order valence-electron chi connectivity index (χ3n) is 4.79. The molecule has 1 N–H and O–H groups in total. The Labute approximate surface area is 143 Å². The third-order valence-corrected chi connectivity index (χ3v) is 4.79. The minimum atomic E-state index is -0.502. The Morgan fingerprint density at radius 2 is 1.88 bits per heavy atom. The monoisotopic (exact) mass is 333 g/mol. The van der Waals surface area contributed by atoms with E-state index >= 15 is 0 Å². The van der Waals surface area contributed by atoms with Gasteiger partial charge in [0.2, 0.25) is 0 Å². The van der Waals surface area contributed by atoms with Crippen LogP contribution in [0.1, 0.15) is 50.4 Å². The number of hydrogen-bond donors (Lipinski definition) is 1. The molecule has 0 saturated heterocycles. The highest BCUT2D eigenvalue weighted by Gasteiger charge is 2.28. The zero-order valence-electron chi connectivity index (χ0n) is 14.7. The van der Waals surface area contributed by atoms with E-state index < -0.39 is 5.97 Å². The quantitative estimate of drug-likeness (QED) is 0.812. The fourth-order valence-electron chi connectivity index (χ4n) is 3.10. The van der Waals surface area contributed by atoms with Crippen LogP contribution in [0.15, 0.2) is 24.3 Å². The van der Waals surface area contributed by atoms with Crippen molar-refractivity contribution in [3.05, 3.63) is 29.8 Å². The van der Waals surface area contributed by atoms with Crippen molar-refractivity contribution < 1.29 is 19.1 Å². The van der Waals surface area contributed by atoms with Gasteiger partial charge in [-0.15, -0.1) is 0 Å². The van der Waals surface area contributed by atoms with Gasteiger partial charge in [0, 0.05) is 6.04 Å². The van der Waals surface area contributed by atoms with Crippen molar-refractivity contribution in [1.29, 1.82) is 0 Å². The number of esters is 1. The first-order chi connectivity index (χ1) is 11.5. The topological polar surface area (TPSA) is 64.6 Å². The van der Waals surface area contributed by atoms with Crippen LogP contribution in [0.4, 0.5) is 0 Å². The Morgan fingerprint density at radius 3 is 2.54 bits per heavy atom. The molecule has 1 aliphatic carbocycles. The number of ether oxygens (including phenoxy) is 2. The first-order valence-electron chi connectivity index (χ1n) is 8.70. The van der Waals surface area contributed by atoms with Gasteiger partial charge in [-0.05, 0) is 49.4 Å². The molecule has 0 aromatic heterocycles. The van der Waals surface area contributed by atoms with Crippen LogP contribution in [-0.2, 0) is 9.53 Å². The highest BCUT2D eigenvalue weighted by molar-refractivity contribution is 5.91. The van der Waals surface area contributed by atoms with Gasteiger partial charge >= 0.3 is 5.97 Å². The van der Waals surface area contributed by atoms with Gasteiger partial charge in [0.25, 0.3) is 5.91 Å². The van der Waals surface area contributed by atoms with E-state index in [1.807, 2.05) is 6.92 Å². The highest BCUT2D eigenvalue weighted by Crippen LogP contribution is 2.29. The van der Waals surface area contributed by atoms with E-state index in [4.69, 9.17) is 9.47 Å². The van der Waals surface area contributed by atoms with Gasteiger partial charge in [-0.3, -0.25) is 4.79 Å². The molecule has 24 heavy (non-hydrogen) atoms. The van der Waals surface area contributed by atoms with Crippen molar-refractivity contribution in [2.75, 3.05) is 13.2 Å². The second-order valence-corrected chi connectivity index (χ2v) is 6.47. The maximum atomic E-state index is 12.0. The van der Waals surface area contributed by atoms with Crippen LogP contribution < -0.4 is 10.1 Å². The molecule has 0 spiro atoms. The van der Waals surface area contributed by atoms with E-state index in [1.54, 1.807) is 24.3 Å². The van der Waals surface area contributed by atoms with E-state index in [-0.39, 0.29) is 18.6 Å². The number of rotatable bonds is 6. The van der Waals surface area contributed by atoms with Crippen molar-refractivity contribution in [3.8, 4) is 5.75 Å². The Balaban J connectivity index is 1.79. The smallest absolute Gasteiger partial charge is 0.338 e. The molecule has 0 radical (unpaired) electrons. The van der Waals surface area contributed by atoms with E-state index in [1.165, 1.54) is 6.42 Å². The van der Waals surface area contributed by atoms with E-state index in [9.17, 15) is 9.59 Å². The number of hydrogen-bond acceptors (Lipinski definition) is 4. The van der Waals surface area contributed by atoms with Crippen LogP contribution in [0.3, 0.4) is 0 Å². The summed E-state index contributed by atoms with van der Waals surface area (Å²) in [7, 11) is 0. The summed E-state index contributed by atoms with van der Waals surface area (Å²) in [5, 5.41) is 3.00. The Morgan fingerprint density at radius 1 is 1.17 bits per heavy atom. The second-order valence-electron chi connectivity index (χ2n) is 6.47. The molecule has 0 heterocycles. The lowest BCUT2D eigenvalue weighted by atomic mass is 9.78. The van der Waals surface area contributed by atoms with Gasteiger partial charge in [-0.2, -0.15) is 0 Å². The first kappa shape index (κ1) is 18.3. The Kier molecular flexibility index (Phi) is 6.64. The Hall–Kier alpha value is -2.04. The molecule has 1 amide bonds. The van der Waals surface area contributed by atoms with Crippen molar-refractivity contribution in [1.82, 2.24) is 5.32 Å². The zero-order chi connectivity index (χ0) is 17.5. The lowest BCUT2D eigenvalue weighted by Crippen LogP contribution is -2.45. The lowest BCUT2D eigenvalue weighted by molar-refractivity contribution is -0.125. The first-order valence-corrected chi connectivity index (χ1v) is 8.70. The van der Waals surface area contributed by atoms with Crippen molar-refractivity contribution in [2.24, 2.45) is 11.8 Å². The summed E-state index contributed by atoms with van der Waals surface area (Å²) in [6, 6.07) is 6.87. The Bertz CT molecular complexity index is 555. The summed E-state index contributed by atoms with van der Waals surface area (Å²) in [6.45, 7) is 6.61. The van der Waals surface area contributed by atoms with Crippen LogP contribution in [0.5, 0.6) is 5.75 Å². The van der Waals surface area contributed by atoms with Gasteiger partial charge in [-0.25, -0.2) is 4.79 Å². The van der Waals surface area contributed by atoms with Gasteiger partial charge in [0.15, 0.2) is 6.61 Å². The van der Waals surface area contributed by atoms with Gasteiger partial charge in [-0.1, -0.05) is 26.7 Å². The molecule has 132 valence electrons. The van der Waals surface area contributed by atoms with Crippen LogP contribution in [0.25, 0.3) is 0 Å². The number of benzene rings is 1. The SMILES string of the molecule is CCOc1ccc(C(=O)OCC(=O)N[C@@H]2CCC[C@@H](C)[C@@H]2C)cc1. The van der Waals surface area contributed by atoms with Crippen LogP contribution in [0, 0.1) is 11.8 Å². The third kappa shape index (κ3) is 4.98. The second kappa shape index (κ2) is 8.71. The molecule has 0 bridgehead atoms. The molecule has 1 saturated carbocycles. The van der Waals surface area contributed by atoms with Gasteiger partial charge in [0.1, 0.15) is 5.75 Å². The number of carbonyl (C=O) groups excluding carboxylic acids is 2. The number of carbonyl (C=O) groups is 2. The predicted octanol–water partition coefficient (Wildman–Crippen LogP) is 3.18. The van der Waals surface area contributed by atoms with E-state index in [0.29, 0.717) is 29.8 Å². The molecule has 3 atom stereocenters. The summed E-state index contributed by atoms with van der Waals surface area (Å²) >= 11 is 0. The summed E-state index contributed by atoms with van der Waals surface area (Å²) in [4.78, 5) is 24.0. The molecular weight excluding hydrogens is 306 g/mol. The molecule has 1 aromatic carbocycles. The minimum absolute atomic E-state index is 0.172. The van der Waals surface area contributed by atoms with E-state index in [0.717, 1.165) is 12.8 Å². The molecule has 2 rings (SSSR count). The molecular formula is C19H27NO4. The standard InChI is InChI=1S/C19H27NO4/c1-4-23-16-10-8-15(9-11-16)19(22)24-12-18(21)20-17-7-5-6-13(2)14(17)3/h8-11,13-14,17H,4-7,12H2,1-3H3,(H,20,21)/t13-,14+,17-/m1/s1. The molecule has 5 heteroatoms. The molecule has 0 aliphatic heterocycles. The average molecular weight is 333 g/mol. The molecule has 5 nitrogen and oxygen atoms in total. The molecule has 1 fully saturated rings. The van der Waals surface area contributed by atoms with Crippen molar-refractivity contribution in [3.63, 3.8) is 0 Å². The largest absolute Gasteiger partial charge is 0.494 e. The maximum absolute atomic E-state index is 12.0. The average Bonchev–Trinajstić information content (AvgIpc) is 2.58. The fraction of sp³-hybridized carbons (Fsp3) is 0.579. The summed E-state index contributed by atoms with van der Waals surface area (Å²) in [5.74, 6) is 1.02. The fourth-order valence-corrected chi connectivity index (χ4v) is 3.10.